The molecule has 0 spiro atoms. The number of hydrogen-bond donors (Lipinski definition) is 1. The molecule has 0 aliphatic carbocycles. The minimum atomic E-state index is -3.08. The molecule has 0 bridgehead atoms. The van der Waals surface area contributed by atoms with Crippen LogP contribution in [0.5, 0.6) is 0 Å². The Morgan fingerprint density at radius 2 is 2.15 bits per heavy atom. The van der Waals surface area contributed by atoms with Gasteiger partial charge in [0, 0.05) is 22.7 Å². The number of thiophene rings is 1. The summed E-state index contributed by atoms with van der Waals surface area (Å²) in [6.45, 7) is 1.90. The smallest absolute Gasteiger partial charge is 0.264 e. The molecule has 1 N–H and O–H groups in total. The monoisotopic (exact) mass is 398 g/mol. The molecule has 6 nitrogen and oxygen atoms in total. The summed E-state index contributed by atoms with van der Waals surface area (Å²) in [6.07, 6.45) is 0.393. The molecule has 1 aliphatic heterocycles. The van der Waals surface area contributed by atoms with E-state index in [-0.39, 0.29) is 29.8 Å². The van der Waals surface area contributed by atoms with Crippen LogP contribution in [-0.4, -0.2) is 55.8 Å². The third kappa shape index (κ3) is 4.04. The van der Waals surface area contributed by atoms with Crippen molar-refractivity contribution >= 4 is 43.1 Å². The van der Waals surface area contributed by atoms with Gasteiger partial charge in [0.1, 0.15) is 5.82 Å². The number of fused-ring (bicyclic) bond motifs is 1. The molecule has 2 amide bonds. The molecule has 1 fully saturated rings. The van der Waals surface area contributed by atoms with Crippen molar-refractivity contribution in [1.29, 1.82) is 0 Å². The van der Waals surface area contributed by atoms with Crippen LogP contribution in [0.3, 0.4) is 0 Å². The zero-order chi connectivity index (χ0) is 18.9. The molecule has 9 heteroatoms. The van der Waals surface area contributed by atoms with Crippen molar-refractivity contribution in [3.63, 3.8) is 0 Å². The SMILES string of the molecule is CCN(CC(=O)N[C@H]1CCS(=O)(=O)C1)C(=O)c1cc2c(F)cccc2s1. The quantitative estimate of drug-likeness (QED) is 0.833. The van der Waals surface area contributed by atoms with Crippen LogP contribution in [0.4, 0.5) is 4.39 Å². The number of sulfone groups is 1. The summed E-state index contributed by atoms with van der Waals surface area (Å²) in [4.78, 5) is 26.6. The first-order chi connectivity index (χ1) is 12.3. The number of nitrogens with one attached hydrogen (secondary N) is 1. The van der Waals surface area contributed by atoms with E-state index in [2.05, 4.69) is 5.32 Å². The fourth-order valence-electron chi connectivity index (χ4n) is 2.97. The van der Waals surface area contributed by atoms with Gasteiger partial charge in [-0.2, -0.15) is 0 Å². The van der Waals surface area contributed by atoms with E-state index in [1.165, 1.54) is 28.4 Å². The van der Waals surface area contributed by atoms with Crippen molar-refractivity contribution < 1.29 is 22.4 Å². The molecule has 0 radical (unpaired) electrons. The van der Waals surface area contributed by atoms with Crippen LogP contribution < -0.4 is 5.32 Å². The lowest BCUT2D eigenvalue weighted by molar-refractivity contribution is -0.122. The third-order valence-electron chi connectivity index (χ3n) is 4.32. The molecule has 0 unspecified atom stereocenters. The molecule has 3 rings (SSSR count). The number of rotatable bonds is 5. The fraction of sp³-hybridized carbons (Fsp3) is 0.412. The Kier molecular flexibility index (Phi) is 5.29. The molecular formula is C17H19FN2O4S2. The van der Waals surface area contributed by atoms with Crippen LogP contribution in [0.25, 0.3) is 10.1 Å². The topological polar surface area (TPSA) is 83.6 Å². The van der Waals surface area contributed by atoms with Gasteiger partial charge in [-0.15, -0.1) is 11.3 Å². The summed E-state index contributed by atoms with van der Waals surface area (Å²) in [6, 6.07) is 5.76. The lowest BCUT2D eigenvalue weighted by Gasteiger charge is -2.20. The van der Waals surface area contributed by atoms with E-state index in [4.69, 9.17) is 0 Å². The first-order valence-corrected chi connectivity index (χ1v) is 10.9. The van der Waals surface area contributed by atoms with E-state index in [1.54, 1.807) is 19.1 Å². The van der Waals surface area contributed by atoms with Crippen LogP contribution in [-0.2, 0) is 14.6 Å². The third-order valence-corrected chi connectivity index (χ3v) is 7.18. The highest BCUT2D eigenvalue weighted by atomic mass is 32.2. The number of nitrogens with zero attached hydrogens (tertiary/aromatic N) is 1. The fourth-order valence-corrected chi connectivity index (χ4v) is 5.69. The molecule has 2 aromatic rings. The normalized spacial score (nSPS) is 18.8. The average molecular weight is 398 g/mol. The maximum atomic E-state index is 13.8. The maximum absolute atomic E-state index is 13.8. The van der Waals surface area contributed by atoms with Crippen molar-refractivity contribution in [3.05, 3.63) is 35.0 Å². The van der Waals surface area contributed by atoms with Crippen LogP contribution in [0.1, 0.15) is 23.0 Å². The van der Waals surface area contributed by atoms with E-state index in [9.17, 15) is 22.4 Å². The number of hydrogen-bond acceptors (Lipinski definition) is 5. The highest BCUT2D eigenvalue weighted by Crippen LogP contribution is 2.28. The molecule has 1 saturated heterocycles. The predicted molar refractivity (Wildman–Crippen MR) is 98.6 cm³/mol. The molecule has 140 valence electrons. The first-order valence-electron chi connectivity index (χ1n) is 8.26. The molecule has 1 aliphatic rings. The zero-order valence-electron chi connectivity index (χ0n) is 14.2. The molecular weight excluding hydrogens is 379 g/mol. The molecule has 1 atom stereocenters. The van der Waals surface area contributed by atoms with Crippen LogP contribution >= 0.6 is 11.3 Å². The van der Waals surface area contributed by atoms with Crippen LogP contribution in [0.2, 0.25) is 0 Å². The van der Waals surface area contributed by atoms with Crippen molar-refractivity contribution in [2.75, 3.05) is 24.6 Å². The standard InChI is InChI=1S/C17H19FN2O4S2/c1-2-20(9-16(21)19-11-6-7-26(23,24)10-11)17(22)15-8-12-13(18)4-3-5-14(12)25-15/h3-5,8,11H,2,6-7,9-10H2,1H3,(H,19,21)/t11-/m0/s1. The van der Waals surface area contributed by atoms with Crippen molar-refractivity contribution in [2.45, 2.75) is 19.4 Å². The summed E-state index contributed by atoms with van der Waals surface area (Å²) in [5, 5.41) is 3.06. The second kappa shape index (κ2) is 7.32. The minimum Gasteiger partial charge on any atom is -0.351 e. The Morgan fingerprint density at radius 3 is 2.77 bits per heavy atom. The summed E-state index contributed by atoms with van der Waals surface area (Å²) >= 11 is 1.18. The van der Waals surface area contributed by atoms with E-state index in [0.717, 1.165) is 0 Å². The number of carbonyl (C=O) groups is 2. The van der Waals surface area contributed by atoms with Crippen molar-refractivity contribution in [3.8, 4) is 0 Å². The summed E-state index contributed by atoms with van der Waals surface area (Å²) < 4.78 is 37.4. The lowest BCUT2D eigenvalue weighted by atomic mass is 10.2. The largest absolute Gasteiger partial charge is 0.351 e. The van der Waals surface area contributed by atoms with Gasteiger partial charge in [0.05, 0.1) is 22.9 Å². The van der Waals surface area contributed by atoms with E-state index in [1.807, 2.05) is 0 Å². The number of amides is 2. The van der Waals surface area contributed by atoms with Gasteiger partial charge in [0.25, 0.3) is 5.91 Å². The molecule has 0 saturated carbocycles. The highest BCUT2D eigenvalue weighted by molar-refractivity contribution is 7.91. The van der Waals surface area contributed by atoms with E-state index >= 15 is 0 Å². The molecule has 2 heterocycles. The summed E-state index contributed by atoms with van der Waals surface area (Å²) in [7, 11) is -3.08. The number of halogens is 1. The Bertz CT molecular complexity index is 955. The zero-order valence-corrected chi connectivity index (χ0v) is 15.8. The molecule has 26 heavy (non-hydrogen) atoms. The molecule has 1 aromatic carbocycles. The van der Waals surface area contributed by atoms with Crippen LogP contribution in [0.15, 0.2) is 24.3 Å². The van der Waals surface area contributed by atoms with Gasteiger partial charge in [-0.1, -0.05) is 6.07 Å². The van der Waals surface area contributed by atoms with Gasteiger partial charge in [-0.25, -0.2) is 12.8 Å². The van der Waals surface area contributed by atoms with Gasteiger partial charge < -0.3 is 10.2 Å². The summed E-state index contributed by atoms with van der Waals surface area (Å²) in [5.74, 6) is -1.12. The number of carbonyl (C=O) groups excluding carboxylic acids is 2. The van der Waals surface area contributed by atoms with Gasteiger partial charge >= 0.3 is 0 Å². The Morgan fingerprint density at radius 1 is 1.38 bits per heavy atom. The Hall–Kier alpha value is -2.00. The number of likely N-dealkylation sites (N-methyl/N-ethyl adjacent to an activating group) is 1. The predicted octanol–water partition coefficient (Wildman–Crippen LogP) is 1.81. The molecule has 1 aromatic heterocycles. The van der Waals surface area contributed by atoms with E-state index < -0.39 is 21.8 Å². The van der Waals surface area contributed by atoms with Crippen LogP contribution in [0, 0.1) is 5.82 Å². The Balaban J connectivity index is 1.68. The lowest BCUT2D eigenvalue weighted by Crippen LogP contribution is -2.44. The summed E-state index contributed by atoms with van der Waals surface area (Å²) in [5.41, 5.74) is 0. The van der Waals surface area contributed by atoms with Crippen molar-refractivity contribution in [2.24, 2.45) is 0 Å². The maximum Gasteiger partial charge on any atom is 0.264 e. The Labute approximate surface area is 154 Å². The van der Waals surface area contributed by atoms with Gasteiger partial charge in [0.15, 0.2) is 9.84 Å². The van der Waals surface area contributed by atoms with Crippen molar-refractivity contribution in [1.82, 2.24) is 10.2 Å². The second-order valence-corrected chi connectivity index (χ2v) is 9.56. The average Bonchev–Trinajstić information content (AvgIpc) is 3.16. The second-order valence-electron chi connectivity index (χ2n) is 6.25. The van der Waals surface area contributed by atoms with E-state index in [0.29, 0.717) is 27.9 Å². The number of benzene rings is 1. The first kappa shape index (κ1) is 18.8. The van der Waals surface area contributed by atoms with Gasteiger partial charge in [0.2, 0.25) is 5.91 Å². The minimum absolute atomic E-state index is 0.0611. The van der Waals surface area contributed by atoms with Gasteiger partial charge in [-0.05, 0) is 31.5 Å². The van der Waals surface area contributed by atoms with Gasteiger partial charge in [-0.3, -0.25) is 9.59 Å². The highest BCUT2D eigenvalue weighted by Gasteiger charge is 2.29.